The molecule has 0 saturated carbocycles. The first-order chi connectivity index (χ1) is 23.7. The zero-order valence-corrected chi connectivity index (χ0v) is 32.3. The number of hydrogen-bond donors (Lipinski definition) is 1. The number of carbonyl (C=O) groups is 1. The van der Waals surface area contributed by atoms with E-state index in [0.29, 0.717) is 18.6 Å². The fourth-order valence-electron chi connectivity index (χ4n) is 4.57. The lowest BCUT2D eigenvalue weighted by molar-refractivity contribution is -0.152. The number of anilines is 1. The maximum atomic E-state index is 12.5. The molecule has 1 saturated heterocycles. The third-order valence-corrected chi connectivity index (χ3v) is 9.27. The van der Waals surface area contributed by atoms with Gasteiger partial charge in [-0.1, -0.05) is 32.1 Å². The minimum atomic E-state index is -4.20. The van der Waals surface area contributed by atoms with Crippen LogP contribution in [0.25, 0.3) is 0 Å². The van der Waals surface area contributed by atoms with Gasteiger partial charge in [-0.15, -0.1) is 30.1 Å². The summed E-state index contributed by atoms with van der Waals surface area (Å²) in [7, 11) is 5.53. The number of thioether (sulfide) groups is 2. The van der Waals surface area contributed by atoms with Crippen molar-refractivity contribution in [2.75, 3.05) is 64.3 Å². The van der Waals surface area contributed by atoms with Crippen LogP contribution in [-0.4, -0.2) is 92.2 Å². The number of alkyl halides is 3. The van der Waals surface area contributed by atoms with E-state index in [9.17, 15) is 18.0 Å². The quantitative estimate of drug-likeness (QED) is 0.118. The van der Waals surface area contributed by atoms with E-state index < -0.39 is 23.3 Å². The number of benzene rings is 2. The highest BCUT2D eigenvalue weighted by molar-refractivity contribution is 8.13. The Morgan fingerprint density at radius 3 is 2.04 bits per heavy atom. The van der Waals surface area contributed by atoms with Crippen molar-refractivity contribution in [3.63, 3.8) is 0 Å². The van der Waals surface area contributed by atoms with E-state index in [2.05, 4.69) is 40.6 Å². The van der Waals surface area contributed by atoms with Crippen molar-refractivity contribution in [2.24, 2.45) is 4.99 Å². The molecule has 1 N–H and O–H groups in total. The zero-order chi connectivity index (χ0) is 37.7. The number of nitrogens with zero attached hydrogens (tertiary/aromatic N) is 3. The van der Waals surface area contributed by atoms with E-state index in [1.54, 1.807) is 44.1 Å². The van der Waals surface area contributed by atoms with Crippen LogP contribution in [0.3, 0.4) is 0 Å². The average Bonchev–Trinajstić information content (AvgIpc) is 3.37. The monoisotopic (exact) mass is 737 g/mol. The minimum Gasteiger partial charge on any atom is -0.497 e. The number of aliphatic carboxylic acids is 1. The van der Waals surface area contributed by atoms with Gasteiger partial charge in [0.25, 0.3) is 0 Å². The van der Waals surface area contributed by atoms with Crippen molar-refractivity contribution in [1.29, 1.82) is 0 Å². The topological polar surface area (TPSA) is 74.6 Å². The number of carboxylic acid groups (broad SMARTS) is 1. The van der Waals surface area contributed by atoms with Crippen molar-refractivity contribution >= 4 is 40.2 Å². The summed E-state index contributed by atoms with van der Waals surface area (Å²) in [6, 6.07) is 15.7. The molecule has 1 aliphatic carbocycles. The van der Waals surface area contributed by atoms with Crippen LogP contribution >= 0.6 is 23.5 Å². The number of hydrogen-bond acceptors (Lipinski definition) is 8. The Morgan fingerprint density at radius 1 is 0.980 bits per heavy atom. The fraction of sp³-hybridized carbons (Fsp3) is 0.474. The van der Waals surface area contributed by atoms with E-state index in [4.69, 9.17) is 14.6 Å². The molecule has 0 aromatic heterocycles. The summed E-state index contributed by atoms with van der Waals surface area (Å²) >= 11 is 3.13. The Balaban J connectivity index is 0.000000366. The molecule has 2 aromatic rings. The van der Waals surface area contributed by atoms with Gasteiger partial charge in [-0.2, -0.15) is 13.2 Å². The van der Waals surface area contributed by atoms with Gasteiger partial charge in [0.2, 0.25) is 0 Å². The smallest absolute Gasteiger partial charge is 0.412 e. The summed E-state index contributed by atoms with van der Waals surface area (Å²) < 4.78 is 48.0. The van der Waals surface area contributed by atoms with E-state index in [1.165, 1.54) is 37.4 Å². The molecule has 0 bridgehead atoms. The first kappa shape index (κ1) is 44.7. The SMILES string of the molecule is C=CCSc1ccc(OC(C)(C)C(=O)O)cc1.CC.CN=C(SC)C1=CC=C(C(F)(F)F)CCC1.COc1ccc(N2CCN(C)CC2)cc1. The summed E-state index contributed by atoms with van der Waals surface area (Å²) in [5.74, 6) is 1.34. The van der Waals surface area contributed by atoms with Crippen LogP contribution in [0.4, 0.5) is 18.9 Å². The molecule has 2 aromatic carbocycles. The van der Waals surface area contributed by atoms with Gasteiger partial charge in [0.05, 0.1) is 12.2 Å². The lowest BCUT2D eigenvalue weighted by Gasteiger charge is -2.34. The second-order valence-corrected chi connectivity index (χ2v) is 13.3. The molecule has 0 atom stereocenters. The van der Waals surface area contributed by atoms with Crippen LogP contribution in [0.15, 0.2) is 94.4 Å². The Hall–Kier alpha value is -3.35. The molecule has 1 fully saturated rings. The van der Waals surface area contributed by atoms with Gasteiger partial charge in [-0.25, -0.2) is 4.79 Å². The minimum absolute atomic E-state index is 0.0921. The third kappa shape index (κ3) is 16.1. The predicted molar refractivity (Wildman–Crippen MR) is 207 cm³/mol. The van der Waals surface area contributed by atoms with Crippen molar-refractivity contribution in [2.45, 2.75) is 63.6 Å². The van der Waals surface area contributed by atoms with E-state index in [1.807, 2.05) is 50.4 Å². The summed E-state index contributed by atoms with van der Waals surface area (Å²) in [4.78, 5) is 20.8. The molecular weight excluding hydrogens is 684 g/mol. The zero-order valence-electron chi connectivity index (χ0n) is 30.7. The first-order valence-electron chi connectivity index (χ1n) is 16.6. The molecule has 50 heavy (non-hydrogen) atoms. The van der Waals surface area contributed by atoms with Gasteiger partial charge < -0.3 is 24.4 Å². The number of allylic oxidation sites excluding steroid dienone is 3. The Labute approximate surface area is 305 Å². The molecule has 2 aliphatic rings. The molecule has 0 unspecified atom stereocenters. The maximum absolute atomic E-state index is 12.5. The number of rotatable bonds is 9. The number of aliphatic imine (C=N–C) groups is 1. The average molecular weight is 738 g/mol. The molecule has 12 heteroatoms. The number of piperazine rings is 1. The van der Waals surface area contributed by atoms with Crippen LogP contribution < -0.4 is 14.4 Å². The summed E-state index contributed by atoms with van der Waals surface area (Å²) in [5, 5.41) is 9.75. The number of halogens is 3. The molecule has 1 heterocycles. The molecule has 0 spiro atoms. The predicted octanol–water partition coefficient (Wildman–Crippen LogP) is 9.66. The van der Waals surface area contributed by atoms with E-state index in [-0.39, 0.29) is 6.42 Å². The molecule has 4 rings (SSSR count). The van der Waals surface area contributed by atoms with Crippen LogP contribution in [0.2, 0.25) is 0 Å². The second kappa shape index (κ2) is 23.2. The number of likely N-dealkylation sites (N-methyl/N-ethyl adjacent to an activating group) is 1. The second-order valence-electron chi connectivity index (χ2n) is 11.4. The molecule has 278 valence electrons. The van der Waals surface area contributed by atoms with Crippen molar-refractivity contribution in [3.8, 4) is 11.5 Å². The summed E-state index contributed by atoms with van der Waals surface area (Å²) in [6.07, 6.45) is 3.52. The van der Waals surface area contributed by atoms with Gasteiger partial charge in [0, 0.05) is 55.1 Å². The van der Waals surface area contributed by atoms with Crippen LogP contribution in [0, 0.1) is 0 Å². The summed E-state index contributed by atoms with van der Waals surface area (Å²) in [5.41, 5.74) is 0.535. The highest BCUT2D eigenvalue weighted by Crippen LogP contribution is 2.33. The van der Waals surface area contributed by atoms with E-state index >= 15 is 0 Å². The van der Waals surface area contributed by atoms with Crippen LogP contribution in [0.1, 0.15) is 47.0 Å². The van der Waals surface area contributed by atoms with Gasteiger partial charge >= 0.3 is 12.1 Å². The van der Waals surface area contributed by atoms with Crippen LogP contribution in [-0.2, 0) is 4.79 Å². The van der Waals surface area contributed by atoms with Crippen molar-refractivity contribution in [3.05, 3.63) is 84.5 Å². The molecule has 0 amide bonds. The number of methoxy groups -OCH3 is 1. The Bertz CT molecular complexity index is 1390. The molecule has 0 radical (unpaired) electrons. The number of ether oxygens (including phenoxy) is 2. The normalized spacial score (nSPS) is 15.3. The van der Waals surface area contributed by atoms with Gasteiger partial charge in [-0.3, -0.25) is 4.99 Å². The van der Waals surface area contributed by atoms with Crippen molar-refractivity contribution in [1.82, 2.24) is 4.90 Å². The third-order valence-electron chi connectivity index (χ3n) is 7.43. The Morgan fingerprint density at radius 2 is 1.56 bits per heavy atom. The molecular formula is C38H54F3N3O4S2. The highest BCUT2D eigenvalue weighted by Gasteiger charge is 2.33. The van der Waals surface area contributed by atoms with Gasteiger partial charge in [0.15, 0.2) is 5.60 Å². The largest absolute Gasteiger partial charge is 0.497 e. The fourth-order valence-corrected chi connectivity index (χ4v) is 5.83. The molecule has 7 nitrogen and oxygen atoms in total. The maximum Gasteiger partial charge on any atom is 0.412 e. The summed E-state index contributed by atoms with van der Waals surface area (Å²) in [6.45, 7) is 15.2. The molecule has 1 aliphatic heterocycles. The number of carboxylic acids is 1. The van der Waals surface area contributed by atoms with Crippen LogP contribution in [0.5, 0.6) is 11.5 Å². The Kier molecular flexibility index (Phi) is 20.7. The van der Waals surface area contributed by atoms with E-state index in [0.717, 1.165) is 53.2 Å². The lowest BCUT2D eigenvalue weighted by atomic mass is 10.1. The highest BCUT2D eigenvalue weighted by atomic mass is 32.2. The van der Waals surface area contributed by atoms with Gasteiger partial charge in [-0.05, 0) is 101 Å². The standard InChI is InChI=1S/C13H16O3S.C12H18N2O.C11H14F3NS.C2H6/c1-4-9-17-11-7-5-10(6-8-11)16-13(2,3)12(14)15;1-13-7-9-14(10-8-13)11-3-5-12(15-2)6-4-11;1-15-10(16-2)8-4-3-5-9(7-6-8)11(12,13)14;1-2/h4-8H,1,9H2,2-3H3,(H,14,15);3-6H,7-10H2,1-2H3;6-7H,3-5H2,1-2H3;1-2H3. The first-order valence-corrected chi connectivity index (χ1v) is 18.8. The lowest BCUT2D eigenvalue weighted by Crippen LogP contribution is -2.44. The van der Waals surface area contributed by atoms with Crippen molar-refractivity contribution < 1.29 is 32.5 Å². The van der Waals surface area contributed by atoms with Gasteiger partial charge in [0.1, 0.15) is 11.5 Å².